The largest absolute Gasteiger partial charge is 0.353 e. The average Bonchev–Trinajstić information content (AvgIpc) is 2.47. The van der Waals surface area contributed by atoms with Crippen LogP contribution in [0.25, 0.3) is 0 Å². The lowest BCUT2D eigenvalue weighted by molar-refractivity contribution is -0.122. The zero-order chi connectivity index (χ0) is 16.1. The number of carbonyl (C=O) groups is 2. The van der Waals surface area contributed by atoms with Crippen molar-refractivity contribution in [3.8, 4) is 0 Å². The number of amides is 1. The van der Waals surface area contributed by atoms with E-state index in [-0.39, 0.29) is 30.4 Å². The molecule has 2 rings (SSSR count). The Morgan fingerprint density at radius 3 is 2.77 bits per heavy atom. The van der Waals surface area contributed by atoms with Crippen molar-refractivity contribution in [2.75, 3.05) is 13.1 Å². The van der Waals surface area contributed by atoms with Gasteiger partial charge in [0.05, 0.1) is 5.56 Å². The molecular weight excluding hydrogens is 290 g/mol. The maximum Gasteiger partial charge on any atom is 0.220 e. The van der Waals surface area contributed by atoms with E-state index in [2.05, 4.69) is 17.6 Å². The van der Waals surface area contributed by atoms with Crippen molar-refractivity contribution < 1.29 is 18.4 Å². The van der Waals surface area contributed by atoms with E-state index < -0.39 is 17.4 Å². The van der Waals surface area contributed by atoms with E-state index in [0.29, 0.717) is 12.0 Å². The van der Waals surface area contributed by atoms with Gasteiger partial charge in [-0.25, -0.2) is 8.78 Å². The van der Waals surface area contributed by atoms with E-state index in [4.69, 9.17) is 0 Å². The van der Waals surface area contributed by atoms with Crippen molar-refractivity contribution in [3.05, 3.63) is 35.4 Å². The summed E-state index contributed by atoms with van der Waals surface area (Å²) in [6, 6.07) is 2.92. The molecule has 1 aromatic rings. The molecule has 1 aliphatic heterocycles. The fraction of sp³-hybridized carbons (Fsp3) is 0.500. The van der Waals surface area contributed by atoms with Crippen LogP contribution in [-0.4, -0.2) is 30.8 Å². The second kappa shape index (κ2) is 7.45. The van der Waals surface area contributed by atoms with Crippen LogP contribution in [-0.2, 0) is 4.79 Å². The molecule has 120 valence electrons. The second-order valence-corrected chi connectivity index (χ2v) is 5.69. The molecule has 1 aliphatic rings. The summed E-state index contributed by atoms with van der Waals surface area (Å²) in [5.41, 5.74) is -0.176. The van der Waals surface area contributed by atoms with E-state index in [0.717, 1.165) is 31.6 Å². The van der Waals surface area contributed by atoms with Gasteiger partial charge in [0.1, 0.15) is 11.6 Å². The summed E-state index contributed by atoms with van der Waals surface area (Å²) in [7, 11) is 0. The van der Waals surface area contributed by atoms with Crippen LogP contribution in [0, 0.1) is 17.6 Å². The normalized spacial score (nSPS) is 21.4. The van der Waals surface area contributed by atoms with Gasteiger partial charge in [0, 0.05) is 24.9 Å². The molecule has 4 nitrogen and oxygen atoms in total. The number of rotatable bonds is 5. The molecule has 1 amide bonds. The third kappa shape index (κ3) is 4.34. The predicted octanol–water partition coefficient (Wildman–Crippen LogP) is 2.04. The summed E-state index contributed by atoms with van der Waals surface area (Å²) in [5, 5.41) is 6.16. The first kappa shape index (κ1) is 16.5. The molecule has 0 spiro atoms. The Balaban J connectivity index is 1.84. The highest BCUT2D eigenvalue weighted by Crippen LogP contribution is 2.14. The SMILES string of the molecule is CC1CNCCC1NC(=O)CCC(=O)c1ccc(F)cc1F. The van der Waals surface area contributed by atoms with Gasteiger partial charge in [0.25, 0.3) is 0 Å². The topological polar surface area (TPSA) is 58.2 Å². The summed E-state index contributed by atoms with van der Waals surface area (Å²) >= 11 is 0. The minimum absolute atomic E-state index is 0.00625. The number of nitrogens with one attached hydrogen (secondary N) is 2. The Kier molecular flexibility index (Phi) is 5.60. The summed E-state index contributed by atoms with van der Waals surface area (Å²) in [6.07, 6.45) is 0.771. The Hall–Kier alpha value is -1.82. The van der Waals surface area contributed by atoms with Crippen LogP contribution in [0.3, 0.4) is 0 Å². The van der Waals surface area contributed by atoms with Gasteiger partial charge in [0.2, 0.25) is 5.91 Å². The number of halogens is 2. The van der Waals surface area contributed by atoms with Crippen molar-refractivity contribution in [2.24, 2.45) is 5.92 Å². The molecule has 2 atom stereocenters. The average molecular weight is 310 g/mol. The van der Waals surface area contributed by atoms with Crippen molar-refractivity contribution >= 4 is 11.7 Å². The maximum atomic E-state index is 13.5. The van der Waals surface area contributed by atoms with Gasteiger partial charge in [-0.3, -0.25) is 9.59 Å². The number of piperidine rings is 1. The van der Waals surface area contributed by atoms with E-state index in [9.17, 15) is 18.4 Å². The molecule has 0 aromatic heterocycles. The highest BCUT2D eigenvalue weighted by molar-refractivity contribution is 5.98. The highest BCUT2D eigenvalue weighted by atomic mass is 19.1. The zero-order valence-electron chi connectivity index (χ0n) is 12.5. The van der Waals surface area contributed by atoms with E-state index in [1.165, 1.54) is 0 Å². The number of ketones is 1. The Labute approximate surface area is 128 Å². The molecule has 1 heterocycles. The third-order valence-electron chi connectivity index (χ3n) is 3.94. The number of Topliss-reactive ketones (excluding diaryl/α,β-unsaturated/α-hetero) is 1. The number of carbonyl (C=O) groups excluding carboxylic acids is 2. The molecule has 1 aromatic carbocycles. The third-order valence-corrected chi connectivity index (χ3v) is 3.94. The fourth-order valence-corrected chi connectivity index (χ4v) is 2.58. The van der Waals surface area contributed by atoms with E-state index in [1.807, 2.05) is 0 Å². The van der Waals surface area contributed by atoms with Gasteiger partial charge in [-0.05, 0) is 37.6 Å². The minimum Gasteiger partial charge on any atom is -0.353 e. The maximum absolute atomic E-state index is 13.5. The first-order valence-corrected chi connectivity index (χ1v) is 7.45. The van der Waals surface area contributed by atoms with Crippen LogP contribution >= 0.6 is 0 Å². The van der Waals surface area contributed by atoms with Crippen molar-refractivity contribution in [2.45, 2.75) is 32.2 Å². The van der Waals surface area contributed by atoms with Gasteiger partial charge >= 0.3 is 0 Å². The molecule has 6 heteroatoms. The zero-order valence-corrected chi connectivity index (χ0v) is 12.5. The van der Waals surface area contributed by atoms with E-state index >= 15 is 0 Å². The van der Waals surface area contributed by atoms with Crippen molar-refractivity contribution in [1.82, 2.24) is 10.6 Å². The molecular formula is C16H20F2N2O2. The molecule has 0 aliphatic carbocycles. The van der Waals surface area contributed by atoms with Crippen LogP contribution in [0.2, 0.25) is 0 Å². The minimum atomic E-state index is -0.891. The number of benzene rings is 1. The number of hydrogen-bond acceptors (Lipinski definition) is 3. The van der Waals surface area contributed by atoms with Crippen LogP contribution in [0.1, 0.15) is 36.5 Å². The molecule has 0 saturated carbocycles. The molecule has 1 saturated heterocycles. The van der Waals surface area contributed by atoms with Crippen molar-refractivity contribution in [1.29, 1.82) is 0 Å². The molecule has 22 heavy (non-hydrogen) atoms. The first-order chi connectivity index (χ1) is 10.5. The summed E-state index contributed by atoms with van der Waals surface area (Å²) < 4.78 is 26.3. The van der Waals surface area contributed by atoms with Gasteiger partial charge < -0.3 is 10.6 Å². The van der Waals surface area contributed by atoms with Crippen LogP contribution in [0.4, 0.5) is 8.78 Å². The molecule has 0 bridgehead atoms. The Bertz CT molecular complexity index is 563. The monoisotopic (exact) mass is 310 g/mol. The second-order valence-electron chi connectivity index (χ2n) is 5.69. The van der Waals surface area contributed by atoms with Gasteiger partial charge in [-0.15, -0.1) is 0 Å². The van der Waals surface area contributed by atoms with Crippen LogP contribution in [0.15, 0.2) is 18.2 Å². The lowest BCUT2D eigenvalue weighted by atomic mass is 9.95. The summed E-state index contributed by atoms with van der Waals surface area (Å²) in [6.45, 7) is 3.76. The molecule has 1 fully saturated rings. The van der Waals surface area contributed by atoms with Crippen LogP contribution in [0.5, 0.6) is 0 Å². The van der Waals surface area contributed by atoms with Gasteiger partial charge in [-0.1, -0.05) is 6.92 Å². The molecule has 2 N–H and O–H groups in total. The Morgan fingerprint density at radius 2 is 2.09 bits per heavy atom. The van der Waals surface area contributed by atoms with Gasteiger partial charge in [0.15, 0.2) is 5.78 Å². The van der Waals surface area contributed by atoms with Crippen LogP contribution < -0.4 is 10.6 Å². The Morgan fingerprint density at radius 1 is 1.32 bits per heavy atom. The number of hydrogen-bond donors (Lipinski definition) is 2. The lowest BCUT2D eigenvalue weighted by Gasteiger charge is -2.30. The molecule has 2 unspecified atom stereocenters. The van der Waals surface area contributed by atoms with Gasteiger partial charge in [-0.2, -0.15) is 0 Å². The smallest absolute Gasteiger partial charge is 0.220 e. The first-order valence-electron chi connectivity index (χ1n) is 7.45. The fourth-order valence-electron chi connectivity index (χ4n) is 2.58. The van der Waals surface area contributed by atoms with E-state index in [1.54, 1.807) is 0 Å². The summed E-state index contributed by atoms with van der Waals surface area (Å²) in [4.78, 5) is 23.8. The standard InChI is InChI=1S/C16H20F2N2O2/c1-10-9-19-7-6-14(10)20-16(22)5-4-15(21)12-3-2-11(17)8-13(12)18/h2-3,8,10,14,19H,4-7,9H2,1H3,(H,20,22). The van der Waals surface area contributed by atoms with Crippen molar-refractivity contribution in [3.63, 3.8) is 0 Å². The molecule has 0 radical (unpaired) electrons. The predicted molar refractivity (Wildman–Crippen MR) is 78.5 cm³/mol. The highest BCUT2D eigenvalue weighted by Gasteiger charge is 2.23. The summed E-state index contributed by atoms with van der Waals surface area (Å²) in [5.74, 6) is -1.99. The quantitative estimate of drug-likeness (QED) is 0.818. The lowest BCUT2D eigenvalue weighted by Crippen LogP contribution is -2.48.